The number of Topliss-reactive ketones (excluding diaryl/α,β-unsaturated/α-hetero) is 1. The summed E-state index contributed by atoms with van der Waals surface area (Å²) in [5.41, 5.74) is 10.8. The molecule has 0 radical (unpaired) electrons. The summed E-state index contributed by atoms with van der Waals surface area (Å²) in [6.45, 7) is -0.729. The zero-order chi connectivity index (χ0) is 16.5. The second-order valence-corrected chi connectivity index (χ2v) is 4.60. The SMILES string of the molecule is NCC(=O)NCC(=O)[C@H](C(=O)NCC(N)O)c1ccccc1. The lowest BCUT2D eigenvalue weighted by molar-refractivity contribution is -0.131. The van der Waals surface area contributed by atoms with Gasteiger partial charge in [-0.1, -0.05) is 30.3 Å². The number of nitrogens with one attached hydrogen (secondary N) is 2. The Labute approximate surface area is 127 Å². The van der Waals surface area contributed by atoms with E-state index in [1.807, 2.05) is 0 Å². The first-order valence-corrected chi connectivity index (χ1v) is 6.71. The van der Waals surface area contributed by atoms with Gasteiger partial charge >= 0.3 is 0 Å². The van der Waals surface area contributed by atoms with Crippen LogP contribution in [0.1, 0.15) is 11.5 Å². The molecule has 1 aromatic carbocycles. The van der Waals surface area contributed by atoms with Crippen molar-refractivity contribution in [2.45, 2.75) is 12.1 Å². The fourth-order valence-corrected chi connectivity index (χ4v) is 1.80. The van der Waals surface area contributed by atoms with Gasteiger partial charge in [0.2, 0.25) is 11.8 Å². The van der Waals surface area contributed by atoms with E-state index in [9.17, 15) is 14.4 Å². The molecular weight excluding hydrogens is 288 g/mol. The van der Waals surface area contributed by atoms with E-state index < -0.39 is 29.7 Å². The molecule has 1 aromatic rings. The Hall–Kier alpha value is -2.29. The van der Waals surface area contributed by atoms with Gasteiger partial charge in [-0.2, -0.15) is 0 Å². The molecule has 1 rings (SSSR count). The largest absolute Gasteiger partial charge is 0.377 e. The number of hydrogen-bond donors (Lipinski definition) is 5. The molecule has 2 amide bonds. The van der Waals surface area contributed by atoms with Crippen LogP contribution in [0.5, 0.6) is 0 Å². The van der Waals surface area contributed by atoms with Gasteiger partial charge in [0, 0.05) is 0 Å². The number of ketones is 1. The van der Waals surface area contributed by atoms with E-state index in [0.29, 0.717) is 5.56 Å². The molecule has 0 aliphatic carbocycles. The smallest absolute Gasteiger partial charge is 0.235 e. The van der Waals surface area contributed by atoms with Crippen molar-refractivity contribution in [3.8, 4) is 0 Å². The van der Waals surface area contributed by atoms with Crippen LogP contribution in [-0.2, 0) is 14.4 Å². The predicted octanol–water partition coefficient (Wildman–Crippen LogP) is -2.19. The zero-order valence-electron chi connectivity index (χ0n) is 12.0. The van der Waals surface area contributed by atoms with Gasteiger partial charge in [0.1, 0.15) is 12.1 Å². The summed E-state index contributed by atoms with van der Waals surface area (Å²) in [7, 11) is 0. The fourth-order valence-electron chi connectivity index (χ4n) is 1.80. The Morgan fingerprint density at radius 3 is 2.32 bits per heavy atom. The molecule has 0 bridgehead atoms. The van der Waals surface area contributed by atoms with Gasteiger partial charge in [-0.15, -0.1) is 0 Å². The van der Waals surface area contributed by atoms with Gasteiger partial charge < -0.3 is 27.2 Å². The lowest BCUT2D eigenvalue weighted by atomic mass is 9.93. The molecule has 8 heteroatoms. The first kappa shape index (κ1) is 17.8. The highest BCUT2D eigenvalue weighted by Gasteiger charge is 2.28. The molecule has 0 heterocycles. The first-order valence-electron chi connectivity index (χ1n) is 6.71. The number of nitrogens with two attached hydrogens (primary N) is 2. The molecule has 0 aliphatic rings. The van der Waals surface area contributed by atoms with Gasteiger partial charge in [0.15, 0.2) is 5.78 Å². The van der Waals surface area contributed by atoms with Crippen LogP contribution in [0.4, 0.5) is 0 Å². The Kier molecular flexibility index (Phi) is 7.17. The maximum Gasteiger partial charge on any atom is 0.235 e. The Morgan fingerprint density at radius 2 is 1.77 bits per heavy atom. The third kappa shape index (κ3) is 5.60. The Balaban J connectivity index is 2.84. The second-order valence-electron chi connectivity index (χ2n) is 4.60. The third-order valence-electron chi connectivity index (χ3n) is 2.85. The van der Waals surface area contributed by atoms with Crippen LogP contribution >= 0.6 is 0 Å². The highest BCUT2D eigenvalue weighted by atomic mass is 16.3. The van der Waals surface area contributed by atoms with Gasteiger partial charge in [0.05, 0.1) is 19.6 Å². The van der Waals surface area contributed by atoms with Crippen molar-refractivity contribution in [1.29, 1.82) is 0 Å². The van der Waals surface area contributed by atoms with Crippen molar-refractivity contribution in [3.05, 3.63) is 35.9 Å². The fraction of sp³-hybridized carbons (Fsp3) is 0.357. The Morgan fingerprint density at radius 1 is 1.14 bits per heavy atom. The zero-order valence-corrected chi connectivity index (χ0v) is 12.0. The van der Waals surface area contributed by atoms with Crippen molar-refractivity contribution in [2.75, 3.05) is 19.6 Å². The van der Waals surface area contributed by atoms with Crippen LogP contribution in [0.2, 0.25) is 0 Å². The van der Waals surface area contributed by atoms with Crippen LogP contribution in [0.3, 0.4) is 0 Å². The minimum Gasteiger partial charge on any atom is -0.377 e. The van der Waals surface area contributed by atoms with Crippen LogP contribution in [-0.4, -0.2) is 48.6 Å². The van der Waals surface area contributed by atoms with E-state index >= 15 is 0 Å². The normalized spacial score (nSPS) is 13.0. The summed E-state index contributed by atoms with van der Waals surface area (Å²) in [6.07, 6.45) is -1.22. The molecular formula is C14H20N4O4. The van der Waals surface area contributed by atoms with Crippen molar-refractivity contribution >= 4 is 17.6 Å². The van der Waals surface area contributed by atoms with Gasteiger partial charge in [-0.05, 0) is 5.56 Å². The standard InChI is InChI=1S/C14H20N4O4/c15-6-12(21)17-7-10(19)13(9-4-2-1-3-5-9)14(22)18-8-11(16)20/h1-5,11,13,20H,6-8,15-16H2,(H,17,21)(H,18,22)/t11?,13-/m1/s1. The minimum atomic E-state index is -1.22. The number of amides is 2. The van der Waals surface area contributed by atoms with E-state index in [0.717, 1.165) is 0 Å². The van der Waals surface area contributed by atoms with E-state index in [1.165, 1.54) is 0 Å². The Bertz CT molecular complexity index is 519. The molecule has 0 spiro atoms. The molecule has 2 atom stereocenters. The maximum atomic E-state index is 12.2. The highest BCUT2D eigenvalue weighted by molar-refractivity contribution is 6.08. The minimum absolute atomic E-state index is 0.176. The van der Waals surface area contributed by atoms with Crippen LogP contribution in [0, 0.1) is 0 Å². The molecule has 22 heavy (non-hydrogen) atoms. The van der Waals surface area contributed by atoms with E-state index in [4.69, 9.17) is 16.6 Å². The highest BCUT2D eigenvalue weighted by Crippen LogP contribution is 2.16. The van der Waals surface area contributed by atoms with E-state index in [2.05, 4.69) is 10.6 Å². The number of benzene rings is 1. The predicted molar refractivity (Wildman–Crippen MR) is 79.5 cm³/mol. The summed E-state index contributed by atoms with van der Waals surface area (Å²) in [6, 6.07) is 8.40. The average Bonchev–Trinajstić information content (AvgIpc) is 2.51. The molecule has 0 saturated carbocycles. The molecule has 0 saturated heterocycles. The van der Waals surface area contributed by atoms with Crippen molar-refractivity contribution < 1.29 is 19.5 Å². The molecule has 0 fully saturated rings. The number of carbonyl (C=O) groups excluding carboxylic acids is 3. The van der Waals surface area contributed by atoms with Crippen molar-refractivity contribution in [1.82, 2.24) is 10.6 Å². The lowest BCUT2D eigenvalue weighted by Crippen LogP contribution is -2.43. The molecule has 7 N–H and O–H groups in total. The summed E-state index contributed by atoms with van der Waals surface area (Å²) < 4.78 is 0. The topological polar surface area (TPSA) is 148 Å². The number of hydrogen-bond acceptors (Lipinski definition) is 6. The van der Waals surface area contributed by atoms with Gasteiger partial charge in [-0.25, -0.2) is 0 Å². The molecule has 120 valence electrons. The molecule has 0 aliphatic heterocycles. The average molecular weight is 308 g/mol. The third-order valence-corrected chi connectivity index (χ3v) is 2.85. The summed E-state index contributed by atoms with van der Waals surface area (Å²) in [5, 5.41) is 13.7. The quantitative estimate of drug-likeness (QED) is 0.272. The van der Waals surface area contributed by atoms with Gasteiger partial charge in [0.25, 0.3) is 0 Å². The number of rotatable bonds is 8. The first-order chi connectivity index (χ1) is 10.5. The van der Waals surface area contributed by atoms with Crippen molar-refractivity contribution in [2.24, 2.45) is 11.5 Å². The van der Waals surface area contributed by atoms with E-state index in [1.54, 1.807) is 30.3 Å². The van der Waals surface area contributed by atoms with Gasteiger partial charge in [-0.3, -0.25) is 14.4 Å². The maximum absolute atomic E-state index is 12.2. The van der Waals surface area contributed by atoms with Crippen LogP contribution in [0.15, 0.2) is 30.3 Å². The van der Waals surface area contributed by atoms with Crippen LogP contribution in [0.25, 0.3) is 0 Å². The van der Waals surface area contributed by atoms with E-state index in [-0.39, 0.29) is 19.6 Å². The molecule has 0 aromatic heterocycles. The molecule has 8 nitrogen and oxygen atoms in total. The summed E-state index contributed by atoms with van der Waals surface area (Å²) in [4.78, 5) is 35.5. The number of aliphatic hydroxyl groups is 1. The second kappa shape index (κ2) is 8.88. The van der Waals surface area contributed by atoms with Crippen LogP contribution < -0.4 is 22.1 Å². The lowest BCUT2D eigenvalue weighted by Gasteiger charge is -2.17. The summed E-state index contributed by atoms with van der Waals surface area (Å²) in [5.74, 6) is -2.67. The van der Waals surface area contributed by atoms with Crippen molar-refractivity contribution in [3.63, 3.8) is 0 Å². The number of carbonyl (C=O) groups is 3. The monoisotopic (exact) mass is 308 g/mol. The molecule has 1 unspecified atom stereocenters. The summed E-state index contributed by atoms with van der Waals surface area (Å²) >= 11 is 0. The number of aliphatic hydroxyl groups excluding tert-OH is 1.